The molecule has 5 heteroatoms. The lowest BCUT2D eigenvalue weighted by atomic mass is 10.2. The number of rotatable bonds is 6. The summed E-state index contributed by atoms with van der Waals surface area (Å²) in [6.07, 6.45) is 1.60. The first-order valence-corrected chi connectivity index (χ1v) is 8.67. The second-order valence-electron chi connectivity index (χ2n) is 5.40. The first-order chi connectivity index (χ1) is 11.7. The highest BCUT2D eigenvalue weighted by Gasteiger charge is 2.08. The summed E-state index contributed by atoms with van der Waals surface area (Å²) in [5, 5.41) is 3.32. The third-order valence-electron chi connectivity index (χ3n) is 3.67. The molecule has 2 aromatic carbocycles. The van der Waals surface area contributed by atoms with E-state index in [2.05, 4.69) is 67.3 Å². The molecule has 1 N–H and O–H groups in total. The Labute approximate surface area is 150 Å². The largest absolute Gasteiger partial charge is 0.352 e. The molecule has 3 rings (SSSR count). The summed E-state index contributed by atoms with van der Waals surface area (Å²) >= 11 is 3.48. The van der Waals surface area contributed by atoms with Gasteiger partial charge in [0.2, 0.25) is 0 Å². The van der Waals surface area contributed by atoms with Crippen LogP contribution in [0.25, 0.3) is 0 Å². The Kier molecular flexibility index (Phi) is 5.43. The van der Waals surface area contributed by atoms with Gasteiger partial charge in [0.15, 0.2) is 0 Å². The Morgan fingerprint density at radius 3 is 2.58 bits per heavy atom. The van der Waals surface area contributed by atoms with E-state index in [-0.39, 0.29) is 0 Å². The summed E-state index contributed by atoms with van der Waals surface area (Å²) in [4.78, 5) is 11.0. The summed E-state index contributed by atoms with van der Waals surface area (Å²) in [6.45, 7) is 3.83. The number of benzene rings is 2. The number of halogens is 1. The van der Waals surface area contributed by atoms with Gasteiger partial charge in [-0.3, -0.25) is 0 Å². The van der Waals surface area contributed by atoms with Crippen molar-refractivity contribution in [1.29, 1.82) is 0 Å². The number of hydrogen-bond donors (Lipinski definition) is 1. The summed E-state index contributed by atoms with van der Waals surface area (Å²) in [5.74, 6) is 1.69. The van der Waals surface area contributed by atoms with Crippen molar-refractivity contribution in [2.75, 3.05) is 16.8 Å². The molecule has 4 nitrogen and oxygen atoms in total. The van der Waals surface area contributed by atoms with E-state index in [1.54, 1.807) is 6.33 Å². The van der Waals surface area contributed by atoms with Crippen LogP contribution in [-0.4, -0.2) is 16.5 Å². The smallest absolute Gasteiger partial charge is 0.135 e. The molecule has 0 saturated heterocycles. The van der Waals surface area contributed by atoms with E-state index in [1.165, 1.54) is 5.56 Å². The Balaban J connectivity index is 1.78. The van der Waals surface area contributed by atoms with Gasteiger partial charge in [0, 0.05) is 29.3 Å². The highest BCUT2D eigenvalue weighted by Crippen LogP contribution is 2.22. The minimum absolute atomic E-state index is 0.782. The molecule has 122 valence electrons. The predicted octanol–water partition coefficient (Wildman–Crippen LogP) is 5.01. The minimum Gasteiger partial charge on any atom is -0.352 e. The summed E-state index contributed by atoms with van der Waals surface area (Å²) in [6, 6.07) is 20.4. The lowest BCUT2D eigenvalue weighted by molar-refractivity contribution is 0.810. The van der Waals surface area contributed by atoms with Crippen molar-refractivity contribution in [2.45, 2.75) is 13.5 Å². The fraction of sp³-hybridized carbons (Fsp3) is 0.158. The van der Waals surface area contributed by atoms with Crippen molar-refractivity contribution >= 4 is 33.3 Å². The number of nitrogens with zero attached hydrogens (tertiary/aromatic N) is 3. The first-order valence-electron chi connectivity index (χ1n) is 7.88. The van der Waals surface area contributed by atoms with Crippen molar-refractivity contribution < 1.29 is 0 Å². The van der Waals surface area contributed by atoms with Crippen LogP contribution in [0.1, 0.15) is 12.5 Å². The first kappa shape index (κ1) is 16.5. The maximum atomic E-state index is 4.43. The van der Waals surface area contributed by atoms with E-state index in [1.807, 2.05) is 36.4 Å². The van der Waals surface area contributed by atoms with Crippen LogP contribution in [0.15, 0.2) is 71.5 Å². The normalized spacial score (nSPS) is 10.4. The van der Waals surface area contributed by atoms with Crippen LogP contribution in [0.5, 0.6) is 0 Å². The van der Waals surface area contributed by atoms with Crippen LogP contribution in [0.4, 0.5) is 17.3 Å². The molecule has 0 amide bonds. The molecule has 0 unspecified atom stereocenters. The molecule has 0 atom stereocenters. The zero-order chi connectivity index (χ0) is 16.8. The number of nitrogens with one attached hydrogen (secondary N) is 1. The maximum absolute atomic E-state index is 4.43. The van der Waals surface area contributed by atoms with Gasteiger partial charge in [0.05, 0.1) is 0 Å². The fourth-order valence-electron chi connectivity index (χ4n) is 2.46. The maximum Gasteiger partial charge on any atom is 0.135 e. The molecule has 0 spiro atoms. The highest BCUT2D eigenvalue weighted by molar-refractivity contribution is 9.10. The van der Waals surface area contributed by atoms with Crippen LogP contribution in [-0.2, 0) is 6.54 Å². The van der Waals surface area contributed by atoms with Gasteiger partial charge >= 0.3 is 0 Å². The van der Waals surface area contributed by atoms with E-state index in [4.69, 9.17) is 0 Å². The Morgan fingerprint density at radius 1 is 1.00 bits per heavy atom. The van der Waals surface area contributed by atoms with E-state index in [9.17, 15) is 0 Å². The third-order valence-corrected chi connectivity index (χ3v) is 4.16. The molecule has 1 aromatic heterocycles. The van der Waals surface area contributed by atoms with Crippen LogP contribution < -0.4 is 10.2 Å². The minimum atomic E-state index is 0.782. The van der Waals surface area contributed by atoms with Crippen LogP contribution >= 0.6 is 15.9 Å². The van der Waals surface area contributed by atoms with Gasteiger partial charge in [-0.1, -0.05) is 52.3 Å². The standard InChI is InChI=1S/C19H19BrN4/c1-2-24(13-15-7-4-3-5-8-15)19-12-18(21-14-22-19)23-17-10-6-9-16(20)11-17/h3-12,14H,2,13H2,1H3,(H,21,22,23). The molecule has 24 heavy (non-hydrogen) atoms. The van der Waals surface area contributed by atoms with Crippen molar-refractivity contribution in [3.05, 3.63) is 77.0 Å². The molecule has 0 bridgehead atoms. The topological polar surface area (TPSA) is 41.0 Å². The van der Waals surface area contributed by atoms with Crippen molar-refractivity contribution in [2.24, 2.45) is 0 Å². The van der Waals surface area contributed by atoms with Crippen molar-refractivity contribution in [1.82, 2.24) is 9.97 Å². The monoisotopic (exact) mass is 382 g/mol. The highest BCUT2D eigenvalue weighted by atomic mass is 79.9. The molecular formula is C19H19BrN4. The Hall–Kier alpha value is -2.40. The van der Waals surface area contributed by atoms with Crippen molar-refractivity contribution in [3.8, 4) is 0 Å². The molecule has 0 fully saturated rings. The molecule has 3 aromatic rings. The fourth-order valence-corrected chi connectivity index (χ4v) is 2.86. The van der Waals surface area contributed by atoms with Crippen molar-refractivity contribution in [3.63, 3.8) is 0 Å². The Bertz CT molecular complexity index is 792. The van der Waals surface area contributed by atoms with E-state index < -0.39 is 0 Å². The predicted molar refractivity (Wildman–Crippen MR) is 103 cm³/mol. The lowest BCUT2D eigenvalue weighted by Crippen LogP contribution is -2.23. The SMILES string of the molecule is CCN(Cc1ccccc1)c1cc(Nc2cccc(Br)c2)ncn1. The lowest BCUT2D eigenvalue weighted by Gasteiger charge is -2.22. The second kappa shape index (κ2) is 7.93. The molecule has 0 aliphatic carbocycles. The molecular weight excluding hydrogens is 364 g/mol. The van der Waals surface area contributed by atoms with Gasteiger partial charge in [-0.05, 0) is 30.7 Å². The average molecular weight is 383 g/mol. The molecule has 0 aliphatic rings. The van der Waals surface area contributed by atoms with Gasteiger partial charge in [0.1, 0.15) is 18.0 Å². The molecule has 0 radical (unpaired) electrons. The van der Waals surface area contributed by atoms with Gasteiger partial charge < -0.3 is 10.2 Å². The summed E-state index contributed by atoms with van der Waals surface area (Å²) in [5.41, 5.74) is 2.25. The van der Waals surface area contributed by atoms with Crippen LogP contribution in [0.3, 0.4) is 0 Å². The average Bonchev–Trinajstić information content (AvgIpc) is 2.61. The quantitative estimate of drug-likeness (QED) is 0.650. The summed E-state index contributed by atoms with van der Waals surface area (Å²) in [7, 11) is 0. The van der Waals surface area contributed by atoms with E-state index in [0.717, 1.165) is 34.9 Å². The Morgan fingerprint density at radius 2 is 1.83 bits per heavy atom. The van der Waals surface area contributed by atoms with Gasteiger partial charge in [-0.15, -0.1) is 0 Å². The molecule has 0 aliphatic heterocycles. The number of hydrogen-bond acceptors (Lipinski definition) is 4. The molecule has 1 heterocycles. The van der Waals surface area contributed by atoms with E-state index in [0.29, 0.717) is 0 Å². The van der Waals surface area contributed by atoms with E-state index >= 15 is 0 Å². The number of anilines is 3. The zero-order valence-electron chi connectivity index (χ0n) is 13.5. The van der Waals surface area contributed by atoms with Crippen LogP contribution in [0, 0.1) is 0 Å². The molecule has 0 saturated carbocycles. The second-order valence-corrected chi connectivity index (χ2v) is 6.31. The van der Waals surface area contributed by atoms with Gasteiger partial charge in [-0.25, -0.2) is 9.97 Å². The third kappa shape index (κ3) is 4.32. The van der Waals surface area contributed by atoms with Crippen LogP contribution in [0.2, 0.25) is 0 Å². The van der Waals surface area contributed by atoms with Gasteiger partial charge in [0.25, 0.3) is 0 Å². The summed E-state index contributed by atoms with van der Waals surface area (Å²) < 4.78 is 1.03. The van der Waals surface area contributed by atoms with Gasteiger partial charge in [-0.2, -0.15) is 0 Å². The zero-order valence-corrected chi connectivity index (χ0v) is 15.1. The number of aromatic nitrogens is 2.